The summed E-state index contributed by atoms with van der Waals surface area (Å²) in [7, 11) is 3.22. The lowest BCUT2D eigenvalue weighted by molar-refractivity contribution is 0.104. The summed E-state index contributed by atoms with van der Waals surface area (Å²) < 4.78 is 16.1. The van der Waals surface area contributed by atoms with Crippen LogP contribution in [0.1, 0.15) is 28.4 Å². The minimum Gasteiger partial charge on any atom is -0.496 e. The van der Waals surface area contributed by atoms with Gasteiger partial charge in [-0.2, -0.15) is 0 Å². The molecule has 24 heavy (non-hydrogen) atoms. The number of ether oxygens (including phenoxy) is 3. The van der Waals surface area contributed by atoms with Crippen molar-refractivity contribution in [2.24, 2.45) is 0 Å². The Morgan fingerprint density at radius 2 is 1.62 bits per heavy atom. The summed E-state index contributed by atoms with van der Waals surface area (Å²) in [5, 5.41) is 0. The van der Waals surface area contributed by atoms with Crippen molar-refractivity contribution in [1.29, 1.82) is 0 Å². The first-order valence-corrected chi connectivity index (χ1v) is 7.77. The maximum absolute atomic E-state index is 12.3. The van der Waals surface area contributed by atoms with Gasteiger partial charge >= 0.3 is 0 Å². The molecule has 0 saturated carbocycles. The third-order valence-electron chi connectivity index (χ3n) is 3.65. The zero-order valence-electron chi connectivity index (χ0n) is 14.5. The first-order valence-electron chi connectivity index (χ1n) is 7.77. The van der Waals surface area contributed by atoms with Crippen LogP contribution in [0.3, 0.4) is 0 Å². The number of methoxy groups -OCH3 is 2. The standard InChI is InChI=1S/C20H22O4/c1-5-24-17-9-7-16(8-10-17)18(21)11-6-15-12-19(22-3)14(2)20(13-15)23-4/h6-13H,5H2,1-4H3. The Kier molecular flexibility index (Phi) is 6.01. The van der Waals surface area contributed by atoms with E-state index in [2.05, 4.69) is 0 Å². The summed E-state index contributed by atoms with van der Waals surface area (Å²) in [5.74, 6) is 2.13. The molecule has 2 aromatic carbocycles. The highest BCUT2D eigenvalue weighted by Gasteiger charge is 2.08. The summed E-state index contributed by atoms with van der Waals surface area (Å²) in [5.41, 5.74) is 2.38. The largest absolute Gasteiger partial charge is 0.496 e. The van der Waals surface area contributed by atoms with Gasteiger partial charge < -0.3 is 14.2 Å². The Labute approximate surface area is 142 Å². The highest BCUT2D eigenvalue weighted by Crippen LogP contribution is 2.30. The van der Waals surface area contributed by atoms with Crippen LogP contribution in [0.25, 0.3) is 6.08 Å². The zero-order valence-corrected chi connectivity index (χ0v) is 14.5. The van der Waals surface area contributed by atoms with Gasteiger partial charge in [-0.05, 0) is 61.9 Å². The quantitative estimate of drug-likeness (QED) is 0.562. The molecule has 2 aromatic rings. The van der Waals surface area contributed by atoms with Crippen molar-refractivity contribution in [1.82, 2.24) is 0 Å². The second kappa shape index (κ2) is 8.20. The van der Waals surface area contributed by atoms with Crippen LogP contribution in [0, 0.1) is 6.92 Å². The van der Waals surface area contributed by atoms with Crippen molar-refractivity contribution in [2.45, 2.75) is 13.8 Å². The van der Waals surface area contributed by atoms with Crippen LogP contribution >= 0.6 is 0 Å². The van der Waals surface area contributed by atoms with Crippen LogP contribution < -0.4 is 14.2 Å². The molecule has 0 amide bonds. The Bertz CT molecular complexity index is 705. The topological polar surface area (TPSA) is 44.8 Å². The highest BCUT2D eigenvalue weighted by atomic mass is 16.5. The van der Waals surface area contributed by atoms with Gasteiger partial charge in [-0.15, -0.1) is 0 Å². The van der Waals surface area contributed by atoms with Gasteiger partial charge in [0.25, 0.3) is 0 Å². The molecule has 0 aliphatic rings. The average Bonchev–Trinajstić information content (AvgIpc) is 2.61. The maximum Gasteiger partial charge on any atom is 0.185 e. The monoisotopic (exact) mass is 326 g/mol. The lowest BCUT2D eigenvalue weighted by Crippen LogP contribution is -1.96. The molecule has 0 spiro atoms. The number of allylic oxidation sites excluding steroid dienone is 1. The minimum absolute atomic E-state index is 0.0726. The molecule has 0 atom stereocenters. The zero-order chi connectivity index (χ0) is 17.5. The molecule has 0 aromatic heterocycles. The predicted octanol–water partition coefficient (Wildman–Crippen LogP) is 4.31. The van der Waals surface area contributed by atoms with Gasteiger partial charge in [0, 0.05) is 11.1 Å². The SMILES string of the molecule is CCOc1ccc(C(=O)C=Cc2cc(OC)c(C)c(OC)c2)cc1. The van der Waals surface area contributed by atoms with Crippen molar-refractivity contribution < 1.29 is 19.0 Å². The maximum atomic E-state index is 12.3. The van der Waals surface area contributed by atoms with Crippen LogP contribution in [0.5, 0.6) is 17.2 Å². The molecule has 0 fully saturated rings. The van der Waals surface area contributed by atoms with Gasteiger partial charge in [-0.3, -0.25) is 4.79 Å². The Hall–Kier alpha value is -2.75. The van der Waals surface area contributed by atoms with Gasteiger partial charge in [-0.25, -0.2) is 0 Å². The number of carbonyl (C=O) groups excluding carboxylic acids is 1. The van der Waals surface area contributed by atoms with E-state index in [1.807, 2.05) is 26.0 Å². The Morgan fingerprint density at radius 3 is 2.12 bits per heavy atom. The van der Waals surface area contributed by atoms with Gasteiger partial charge in [-0.1, -0.05) is 6.08 Å². The molecule has 0 aliphatic carbocycles. The molecular weight excluding hydrogens is 304 g/mol. The summed E-state index contributed by atoms with van der Waals surface area (Å²) in [6.07, 6.45) is 3.29. The summed E-state index contributed by atoms with van der Waals surface area (Å²) in [6.45, 7) is 4.45. The molecule has 126 valence electrons. The minimum atomic E-state index is -0.0726. The number of hydrogen-bond donors (Lipinski definition) is 0. The van der Waals surface area contributed by atoms with Crippen molar-refractivity contribution in [3.8, 4) is 17.2 Å². The number of rotatable bonds is 7. The third-order valence-corrected chi connectivity index (χ3v) is 3.65. The average molecular weight is 326 g/mol. The molecular formula is C20H22O4. The third kappa shape index (κ3) is 4.16. The molecule has 0 saturated heterocycles. The van der Waals surface area contributed by atoms with E-state index in [-0.39, 0.29) is 5.78 Å². The van der Waals surface area contributed by atoms with Crippen LogP contribution in [-0.2, 0) is 0 Å². The van der Waals surface area contributed by atoms with Crippen molar-refractivity contribution in [3.05, 3.63) is 59.2 Å². The van der Waals surface area contributed by atoms with E-state index in [1.54, 1.807) is 50.6 Å². The number of carbonyl (C=O) groups is 1. The molecule has 2 rings (SSSR count). The lowest BCUT2D eigenvalue weighted by Gasteiger charge is -2.10. The fraction of sp³-hybridized carbons (Fsp3) is 0.250. The second-order valence-corrected chi connectivity index (χ2v) is 5.21. The Balaban J connectivity index is 2.19. The van der Waals surface area contributed by atoms with E-state index in [9.17, 15) is 4.79 Å². The van der Waals surface area contributed by atoms with Gasteiger partial charge in [0.2, 0.25) is 0 Å². The molecule has 4 heteroatoms. The van der Waals surface area contributed by atoms with E-state index in [0.29, 0.717) is 12.2 Å². The first kappa shape index (κ1) is 17.6. The van der Waals surface area contributed by atoms with E-state index in [0.717, 1.165) is 28.4 Å². The molecule has 0 aliphatic heterocycles. The lowest BCUT2D eigenvalue weighted by atomic mass is 10.1. The van der Waals surface area contributed by atoms with Crippen molar-refractivity contribution in [3.63, 3.8) is 0 Å². The van der Waals surface area contributed by atoms with Crippen LogP contribution in [-0.4, -0.2) is 26.6 Å². The van der Waals surface area contributed by atoms with Crippen LogP contribution in [0.15, 0.2) is 42.5 Å². The molecule has 0 bridgehead atoms. The van der Waals surface area contributed by atoms with E-state index in [4.69, 9.17) is 14.2 Å². The van der Waals surface area contributed by atoms with Gasteiger partial charge in [0.05, 0.1) is 20.8 Å². The van der Waals surface area contributed by atoms with Gasteiger partial charge in [0.1, 0.15) is 17.2 Å². The molecule has 0 heterocycles. The van der Waals surface area contributed by atoms with Crippen LogP contribution in [0.4, 0.5) is 0 Å². The molecule has 0 unspecified atom stereocenters. The van der Waals surface area contributed by atoms with Crippen molar-refractivity contribution in [2.75, 3.05) is 20.8 Å². The van der Waals surface area contributed by atoms with E-state index in [1.165, 1.54) is 0 Å². The van der Waals surface area contributed by atoms with E-state index < -0.39 is 0 Å². The van der Waals surface area contributed by atoms with Gasteiger partial charge in [0.15, 0.2) is 5.78 Å². The summed E-state index contributed by atoms with van der Waals surface area (Å²) in [4.78, 5) is 12.3. The molecule has 0 radical (unpaired) electrons. The first-order chi connectivity index (χ1) is 11.6. The second-order valence-electron chi connectivity index (χ2n) is 5.21. The van der Waals surface area contributed by atoms with Crippen LogP contribution in [0.2, 0.25) is 0 Å². The molecule has 0 N–H and O–H groups in total. The fourth-order valence-electron chi connectivity index (χ4n) is 2.35. The number of hydrogen-bond acceptors (Lipinski definition) is 4. The van der Waals surface area contributed by atoms with Crippen molar-refractivity contribution >= 4 is 11.9 Å². The predicted molar refractivity (Wildman–Crippen MR) is 95.3 cm³/mol. The number of benzene rings is 2. The fourth-order valence-corrected chi connectivity index (χ4v) is 2.35. The highest BCUT2D eigenvalue weighted by molar-refractivity contribution is 6.06. The summed E-state index contributed by atoms with van der Waals surface area (Å²) in [6, 6.07) is 10.9. The summed E-state index contributed by atoms with van der Waals surface area (Å²) >= 11 is 0. The normalized spacial score (nSPS) is 10.7. The molecule has 4 nitrogen and oxygen atoms in total. The number of ketones is 1. The van der Waals surface area contributed by atoms with E-state index >= 15 is 0 Å². The smallest absolute Gasteiger partial charge is 0.185 e. The Morgan fingerprint density at radius 1 is 1.04 bits per heavy atom.